The molecule has 18 heavy (non-hydrogen) atoms. The molecule has 1 amide bonds. The van der Waals surface area contributed by atoms with Gasteiger partial charge in [-0.2, -0.15) is 0 Å². The van der Waals surface area contributed by atoms with E-state index in [9.17, 15) is 9.18 Å². The number of benzene rings is 1. The van der Waals surface area contributed by atoms with Crippen molar-refractivity contribution < 1.29 is 9.18 Å². The first kappa shape index (κ1) is 13.0. The topological polar surface area (TPSA) is 55.1 Å². The zero-order chi connectivity index (χ0) is 13.1. The highest BCUT2D eigenvalue weighted by Gasteiger charge is 2.15. The molecule has 3 nitrogen and oxygen atoms in total. The van der Waals surface area contributed by atoms with E-state index in [0.29, 0.717) is 16.7 Å². The van der Waals surface area contributed by atoms with Gasteiger partial charge in [0.2, 0.25) is 0 Å². The van der Waals surface area contributed by atoms with Crippen LogP contribution >= 0.6 is 27.3 Å². The maximum Gasteiger partial charge on any atom is 0.253 e. The van der Waals surface area contributed by atoms with E-state index in [1.54, 1.807) is 17.4 Å². The fourth-order valence-electron chi connectivity index (χ4n) is 1.56. The average molecular weight is 329 g/mol. The van der Waals surface area contributed by atoms with Crippen LogP contribution in [0.15, 0.2) is 34.1 Å². The van der Waals surface area contributed by atoms with Crippen molar-refractivity contribution in [1.82, 2.24) is 0 Å². The largest absolute Gasteiger partial charge is 0.379 e. The van der Waals surface area contributed by atoms with E-state index in [0.717, 1.165) is 4.88 Å². The lowest BCUT2D eigenvalue weighted by molar-refractivity contribution is 0.0997. The van der Waals surface area contributed by atoms with Gasteiger partial charge in [-0.15, -0.1) is 11.3 Å². The molecule has 2 aromatic rings. The van der Waals surface area contributed by atoms with Crippen LogP contribution in [0.3, 0.4) is 0 Å². The summed E-state index contributed by atoms with van der Waals surface area (Å²) >= 11 is 4.77. The quantitative estimate of drug-likeness (QED) is 0.904. The maximum atomic E-state index is 13.7. The molecule has 0 aliphatic heterocycles. The first-order valence-corrected chi connectivity index (χ1v) is 6.80. The molecule has 0 saturated heterocycles. The minimum absolute atomic E-state index is 0.116. The predicted octanol–water partition coefficient (Wildman–Crippen LogP) is 3.36. The molecule has 6 heteroatoms. The number of amides is 1. The molecular formula is C12H10BrFN2OS. The first-order chi connectivity index (χ1) is 8.58. The monoisotopic (exact) mass is 328 g/mol. The van der Waals surface area contributed by atoms with Gasteiger partial charge < -0.3 is 11.1 Å². The van der Waals surface area contributed by atoms with Crippen molar-refractivity contribution in [2.24, 2.45) is 5.73 Å². The van der Waals surface area contributed by atoms with Crippen LogP contribution in [0.5, 0.6) is 0 Å². The third-order valence-corrected chi connectivity index (χ3v) is 3.67. The van der Waals surface area contributed by atoms with E-state index in [2.05, 4.69) is 21.2 Å². The normalized spacial score (nSPS) is 10.3. The smallest absolute Gasteiger partial charge is 0.253 e. The molecule has 94 valence electrons. The van der Waals surface area contributed by atoms with E-state index < -0.39 is 11.7 Å². The van der Waals surface area contributed by atoms with Gasteiger partial charge in [-0.3, -0.25) is 4.79 Å². The third-order valence-electron chi connectivity index (χ3n) is 2.33. The van der Waals surface area contributed by atoms with Gasteiger partial charge in [0.1, 0.15) is 5.82 Å². The Kier molecular flexibility index (Phi) is 3.98. The lowest BCUT2D eigenvalue weighted by Gasteiger charge is -2.10. The molecule has 2 rings (SSSR count). The number of anilines is 1. The highest BCUT2D eigenvalue weighted by Crippen LogP contribution is 2.25. The van der Waals surface area contributed by atoms with Crippen molar-refractivity contribution in [3.8, 4) is 0 Å². The summed E-state index contributed by atoms with van der Waals surface area (Å²) in [4.78, 5) is 12.3. The fraction of sp³-hybridized carbons (Fsp3) is 0.0833. The second-order valence-corrected chi connectivity index (χ2v) is 5.56. The van der Waals surface area contributed by atoms with Crippen LogP contribution in [0.25, 0.3) is 0 Å². The van der Waals surface area contributed by atoms with Crippen LogP contribution in [0.1, 0.15) is 15.2 Å². The number of nitrogens with two attached hydrogens (primary N) is 1. The molecular weight excluding hydrogens is 319 g/mol. The molecule has 1 aromatic heterocycles. The van der Waals surface area contributed by atoms with Gasteiger partial charge in [-0.1, -0.05) is 22.0 Å². The van der Waals surface area contributed by atoms with Crippen molar-refractivity contribution in [3.05, 3.63) is 50.4 Å². The molecule has 0 unspecified atom stereocenters. The Balaban J connectivity index is 2.28. The Hall–Kier alpha value is -1.40. The van der Waals surface area contributed by atoms with Gasteiger partial charge in [0, 0.05) is 15.9 Å². The number of carbonyl (C=O) groups is 1. The summed E-state index contributed by atoms with van der Waals surface area (Å²) in [6, 6.07) is 6.74. The molecule has 1 heterocycles. The maximum absolute atomic E-state index is 13.7. The molecule has 0 saturated carbocycles. The zero-order valence-corrected chi connectivity index (χ0v) is 11.6. The van der Waals surface area contributed by atoms with Crippen molar-refractivity contribution in [2.45, 2.75) is 6.54 Å². The molecule has 0 radical (unpaired) electrons. The first-order valence-electron chi connectivity index (χ1n) is 5.13. The minimum atomic E-state index is -0.784. The summed E-state index contributed by atoms with van der Waals surface area (Å²) in [6.45, 7) is 0.522. The van der Waals surface area contributed by atoms with Gasteiger partial charge in [-0.25, -0.2) is 4.39 Å². The average Bonchev–Trinajstić information content (AvgIpc) is 2.77. The van der Waals surface area contributed by atoms with Crippen molar-refractivity contribution in [3.63, 3.8) is 0 Å². The number of primary amides is 1. The number of thiophene rings is 1. The van der Waals surface area contributed by atoms with Gasteiger partial charge >= 0.3 is 0 Å². The molecule has 0 atom stereocenters. The SMILES string of the molecule is NC(=O)c1c(F)cc(Br)cc1NCc1cccs1. The highest BCUT2D eigenvalue weighted by atomic mass is 79.9. The Morgan fingerprint density at radius 1 is 1.50 bits per heavy atom. The third kappa shape index (κ3) is 2.88. The van der Waals surface area contributed by atoms with Gasteiger partial charge in [-0.05, 0) is 23.6 Å². The lowest BCUT2D eigenvalue weighted by atomic mass is 10.1. The van der Waals surface area contributed by atoms with Crippen LogP contribution in [-0.2, 0) is 6.54 Å². The second-order valence-electron chi connectivity index (χ2n) is 3.61. The van der Waals surface area contributed by atoms with Gasteiger partial charge in [0.25, 0.3) is 5.91 Å². The summed E-state index contributed by atoms with van der Waals surface area (Å²) in [7, 11) is 0. The molecule has 0 spiro atoms. The van der Waals surface area contributed by atoms with Crippen LogP contribution < -0.4 is 11.1 Å². The number of halogens is 2. The van der Waals surface area contributed by atoms with Crippen molar-refractivity contribution in [2.75, 3.05) is 5.32 Å². The number of nitrogens with one attached hydrogen (secondary N) is 1. The Morgan fingerprint density at radius 2 is 2.28 bits per heavy atom. The lowest BCUT2D eigenvalue weighted by Crippen LogP contribution is -2.16. The predicted molar refractivity (Wildman–Crippen MR) is 74.3 cm³/mol. The molecule has 1 aromatic carbocycles. The van der Waals surface area contributed by atoms with E-state index in [1.807, 2.05) is 17.5 Å². The van der Waals surface area contributed by atoms with Crippen LogP contribution in [-0.4, -0.2) is 5.91 Å². The van der Waals surface area contributed by atoms with Gasteiger partial charge in [0.05, 0.1) is 11.3 Å². The van der Waals surface area contributed by atoms with E-state index in [-0.39, 0.29) is 5.56 Å². The van der Waals surface area contributed by atoms with Gasteiger partial charge in [0.15, 0.2) is 0 Å². The Bertz CT molecular complexity index is 572. The van der Waals surface area contributed by atoms with E-state index in [1.165, 1.54) is 6.07 Å². The summed E-state index contributed by atoms with van der Waals surface area (Å²) < 4.78 is 14.2. The minimum Gasteiger partial charge on any atom is -0.379 e. The summed E-state index contributed by atoms with van der Waals surface area (Å²) in [5, 5.41) is 4.97. The molecule has 0 aliphatic rings. The van der Waals surface area contributed by atoms with Crippen LogP contribution in [0.4, 0.5) is 10.1 Å². The Morgan fingerprint density at radius 3 is 2.89 bits per heavy atom. The number of hydrogen-bond acceptors (Lipinski definition) is 3. The van der Waals surface area contributed by atoms with Crippen molar-refractivity contribution >= 4 is 38.9 Å². The Labute approximate surface area is 116 Å². The second kappa shape index (κ2) is 5.49. The molecule has 0 aliphatic carbocycles. The standard InChI is InChI=1S/C12H10BrFN2OS/c13-7-4-9(14)11(12(15)17)10(5-7)16-6-8-2-1-3-18-8/h1-5,16H,6H2,(H2,15,17). The molecule has 0 fully saturated rings. The molecule has 3 N–H and O–H groups in total. The summed E-state index contributed by atoms with van der Waals surface area (Å²) in [6.07, 6.45) is 0. The van der Waals surface area contributed by atoms with E-state index in [4.69, 9.17) is 5.73 Å². The van der Waals surface area contributed by atoms with Crippen LogP contribution in [0.2, 0.25) is 0 Å². The van der Waals surface area contributed by atoms with E-state index >= 15 is 0 Å². The zero-order valence-electron chi connectivity index (χ0n) is 9.24. The summed E-state index contributed by atoms with van der Waals surface area (Å²) in [5.74, 6) is -1.42. The molecule has 0 bridgehead atoms. The number of hydrogen-bond donors (Lipinski definition) is 2. The summed E-state index contributed by atoms with van der Waals surface area (Å²) in [5.41, 5.74) is 5.46. The highest BCUT2D eigenvalue weighted by molar-refractivity contribution is 9.10. The fourth-order valence-corrected chi connectivity index (χ4v) is 2.63. The van der Waals surface area contributed by atoms with Crippen LogP contribution in [0, 0.1) is 5.82 Å². The van der Waals surface area contributed by atoms with Crippen molar-refractivity contribution in [1.29, 1.82) is 0 Å². The number of rotatable bonds is 4. The number of carbonyl (C=O) groups excluding carboxylic acids is 1.